The first kappa shape index (κ1) is 30.3. The van der Waals surface area contributed by atoms with Gasteiger partial charge in [-0.1, -0.05) is 58.1 Å². The van der Waals surface area contributed by atoms with E-state index in [1.54, 1.807) is 37.7 Å². The molecule has 5 rings (SSSR count). The van der Waals surface area contributed by atoms with E-state index in [4.69, 9.17) is 10.5 Å². The molecule has 0 unspecified atom stereocenters. The van der Waals surface area contributed by atoms with E-state index in [1.807, 2.05) is 76.4 Å². The summed E-state index contributed by atoms with van der Waals surface area (Å²) >= 11 is 0. The van der Waals surface area contributed by atoms with Gasteiger partial charge in [0.15, 0.2) is 0 Å². The average Bonchev–Trinajstić information content (AvgIpc) is 3.00. The predicted octanol–water partition coefficient (Wildman–Crippen LogP) is 8.72. The number of aromatic nitrogens is 3. The Hall–Kier alpha value is -5.17. The van der Waals surface area contributed by atoms with Gasteiger partial charge in [0.2, 0.25) is 0 Å². The Balaban J connectivity index is 1.44. The van der Waals surface area contributed by atoms with Gasteiger partial charge >= 0.3 is 0 Å². The van der Waals surface area contributed by atoms with Crippen molar-refractivity contribution in [1.82, 2.24) is 15.0 Å². The Morgan fingerprint density at radius 1 is 0.818 bits per heavy atom. The van der Waals surface area contributed by atoms with Gasteiger partial charge in [-0.05, 0) is 71.4 Å². The number of pyridine rings is 3. The highest BCUT2D eigenvalue weighted by molar-refractivity contribution is 5.94. The lowest BCUT2D eigenvalue weighted by atomic mass is 9.98. The highest BCUT2D eigenvalue weighted by atomic mass is 16.5. The van der Waals surface area contributed by atoms with Crippen molar-refractivity contribution in [2.24, 2.45) is 0 Å². The second-order valence-electron chi connectivity index (χ2n) is 11.5. The van der Waals surface area contributed by atoms with Crippen LogP contribution in [0.1, 0.15) is 69.0 Å². The summed E-state index contributed by atoms with van der Waals surface area (Å²) in [7, 11) is 1.60. The lowest BCUT2D eigenvalue weighted by Gasteiger charge is -2.14. The molecule has 44 heavy (non-hydrogen) atoms. The van der Waals surface area contributed by atoms with Crippen LogP contribution in [0.15, 0.2) is 79.3 Å². The van der Waals surface area contributed by atoms with E-state index >= 15 is 0 Å². The van der Waals surface area contributed by atoms with Crippen LogP contribution in [0.3, 0.4) is 0 Å². The normalized spacial score (nSPS) is 12.1. The minimum Gasteiger partial charge on any atom is -0.506 e. The predicted molar refractivity (Wildman–Crippen MR) is 180 cm³/mol. The maximum absolute atomic E-state index is 10.5. The molecule has 7 heteroatoms. The van der Waals surface area contributed by atoms with Crippen molar-refractivity contribution >= 4 is 28.2 Å². The van der Waals surface area contributed by atoms with E-state index < -0.39 is 0 Å². The number of aromatic hydroxyl groups is 2. The molecular formula is C37H38N4O3. The number of ether oxygens (including phenoxy) is 1. The lowest BCUT2D eigenvalue weighted by molar-refractivity contribution is 0.416. The molecule has 4 N–H and O–H groups in total. The maximum Gasteiger partial charge on any atom is 0.137 e. The molecule has 0 atom stereocenters. The van der Waals surface area contributed by atoms with Gasteiger partial charge < -0.3 is 20.7 Å². The minimum atomic E-state index is 0.110. The third kappa shape index (κ3) is 6.13. The minimum absolute atomic E-state index is 0.110. The van der Waals surface area contributed by atoms with Gasteiger partial charge in [0, 0.05) is 52.4 Å². The molecule has 0 aliphatic carbocycles. The second kappa shape index (κ2) is 12.6. The van der Waals surface area contributed by atoms with Crippen LogP contribution in [0.2, 0.25) is 0 Å². The van der Waals surface area contributed by atoms with Crippen LogP contribution in [-0.2, 0) is 0 Å². The summed E-state index contributed by atoms with van der Waals surface area (Å²) < 4.78 is 5.60. The highest BCUT2D eigenvalue weighted by Gasteiger charge is 2.15. The number of benzene rings is 2. The molecular weight excluding hydrogens is 548 g/mol. The van der Waals surface area contributed by atoms with Crippen molar-refractivity contribution in [3.63, 3.8) is 0 Å². The van der Waals surface area contributed by atoms with Crippen molar-refractivity contribution in [2.45, 2.75) is 46.5 Å². The molecule has 0 amide bonds. The Morgan fingerprint density at radius 2 is 1.48 bits per heavy atom. The van der Waals surface area contributed by atoms with Gasteiger partial charge in [0.25, 0.3) is 0 Å². The molecule has 3 aromatic heterocycles. The van der Waals surface area contributed by atoms with E-state index in [9.17, 15) is 10.2 Å². The van der Waals surface area contributed by atoms with Crippen molar-refractivity contribution in [3.05, 3.63) is 102 Å². The van der Waals surface area contributed by atoms with Crippen LogP contribution in [-0.4, -0.2) is 32.3 Å². The maximum atomic E-state index is 10.5. The Bertz CT molecular complexity index is 1910. The quantitative estimate of drug-likeness (QED) is 0.123. The summed E-state index contributed by atoms with van der Waals surface area (Å²) in [6.07, 6.45) is 11.3. The van der Waals surface area contributed by atoms with Crippen molar-refractivity contribution in [2.75, 3.05) is 12.8 Å². The number of hydrogen-bond donors (Lipinski definition) is 3. The number of hydrogen-bond acceptors (Lipinski definition) is 7. The molecule has 224 valence electrons. The number of rotatable bonds is 8. The van der Waals surface area contributed by atoms with Gasteiger partial charge in [-0.15, -0.1) is 0 Å². The van der Waals surface area contributed by atoms with Crippen LogP contribution in [0.25, 0.3) is 44.8 Å². The van der Waals surface area contributed by atoms with Crippen LogP contribution in [0, 0.1) is 0 Å². The molecule has 5 aromatic rings. The summed E-state index contributed by atoms with van der Waals surface area (Å²) in [5, 5.41) is 22.0. The summed E-state index contributed by atoms with van der Waals surface area (Å²) in [6.45, 7) is 10.1. The van der Waals surface area contributed by atoms with Gasteiger partial charge in [0.1, 0.15) is 17.2 Å². The highest BCUT2D eigenvalue weighted by Crippen LogP contribution is 2.37. The number of nitrogens with two attached hydrogens (primary N) is 1. The van der Waals surface area contributed by atoms with Crippen LogP contribution < -0.4 is 10.5 Å². The lowest BCUT2D eigenvalue weighted by Crippen LogP contribution is -1.97. The van der Waals surface area contributed by atoms with Gasteiger partial charge in [-0.2, -0.15) is 0 Å². The molecule has 7 nitrogen and oxygen atoms in total. The average molecular weight is 587 g/mol. The molecule has 2 aromatic carbocycles. The van der Waals surface area contributed by atoms with Gasteiger partial charge in [0.05, 0.1) is 24.0 Å². The number of anilines is 1. The van der Waals surface area contributed by atoms with E-state index in [0.717, 1.165) is 49.9 Å². The molecule has 0 radical (unpaired) electrons. The summed E-state index contributed by atoms with van der Waals surface area (Å²) in [5.41, 5.74) is 15.4. The third-order valence-corrected chi connectivity index (χ3v) is 7.73. The SMILES string of the molecule is COc1cc(N)c(/C=C\C=C(C)c2ccnc3cc(-c4cnc(C(C)C)c(O)c4)ccc23)cc1-c1cnc(C(C)C)c(O)c1. The van der Waals surface area contributed by atoms with Crippen molar-refractivity contribution < 1.29 is 14.9 Å². The number of fused-ring (bicyclic) bond motifs is 1. The standard InChI is InChI=1S/C37H38N4O3/c1-21(2)36-33(42)16-26(19-40-36)24-10-11-29-28(12-13-39-32(29)15-24)23(5)8-7-9-25-14-30(35(44-6)18-31(25)38)27-17-34(43)37(22(3)4)41-20-27/h7-22,42-43H,38H2,1-6H3/b9-7-,23-8?. The molecule has 0 spiro atoms. The fourth-order valence-corrected chi connectivity index (χ4v) is 5.33. The Kier molecular flexibility index (Phi) is 8.67. The summed E-state index contributed by atoms with van der Waals surface area (Å²) in [4.78, 5) is 13.6. The molecule has 0 bridgehead atoms. The zero-order valence-electron chi connectivity index (χ0n) is 26.0. The number of methoxy groups -OCH3 is 1. The first-order valence-electron chi connectivity index (χ1n) is 14.7. The number of nitrogen functional groups attached to an aromatic ring is 1. The molecule has 0 saturated carbocycles. The van der Waals surface area contributed by atoms with Crippen LogP contribution >= 0.6 is 0 Å². The van der Waals surface area contributed by atoms with Gasteiger partial charge in [-0.25, -0.2) is 0 Å². The molecule has 0 aliphatic heterocycles. The monoisotopic (exact) mass is 586 g/mol. The first-order valence-corrected chi connectivity index (χ1v) is 14.7. The van der Waals surface area contributed by atoms with E-state index in [1.165, 1.54) is 0 Å². The number of allylic oxidation sites excluding steroid dienone is 3. The van der Waals surface area contributed by atoms with Gasteiger partial charge in [-0.3, -0.25) is 15.0 Å². The fourth-order valence-electron chi connectivity index (χ4n) is 5.33. The van der Waals surface area contributed by atoms with E-state index in [-0.39, 0.29) is 23.3 Å². The zero-order valence-corrected chi connectivity index (χ0v) is 26.0. The number of nitrogens with zero attached hydrogens (tertiary/aromatic N) is 3. The second-order valence-corrected chi connectivity index (χ2v) is 11.5. The Morgan fingerprint density at radius 3 is 2.11 bits per heavy atom. The molecule has 0 fully saturated rings. The van der Waals surface area contributed by atoms with Crippen LogP contribution in [0.4, 0.5) is 5.69 Å². The van der Waals surface area contributed by atoms with Crippen molar-refractivity contribution in [3.8, 4) is 39.5 Å². The zero-order chi connectivity index (χ0) is 31.5. The van der Waals surface area contributed by atoms with Crippen molar-refractivity contribution in [1.29, 1.82) is 0 Å². The smallest absolute Gasteiger partial charge is 0.137 e. The van der Waals surface area contributed by atoms with E-state index in [2.05, 4.69) is 27.9 Å². The molecule has 0 aliphatic rings. The largest absolute Gasteiger partial charge is 0.506 e. The third-order valence-electron chi connectivity index (χ3n) is 7.73. The molecule has 0 saturated heterocycles. The first-order chi connectivity index (χ1) is 21.1. The Labute approximate surface area is 258 Å². The fraction of sp³-hybridized carbons (Fsp3) is 0.216. The van der Waals surface area contributed by atoms with Crippen LogP contribution in [0.5, 0.6) is 17.2 Å². The molecule has 3 heterocycles. The summed E-state index contributed by atoms with van der Waals surface area (Å²) in [5.74, 6) is 1.22. The topological polar surface area (TPSA) is 114 Å². The summed E-state index contributed by atoms with van der Waals surface area (Å²) in [6, 6.07) is 15.3. The van der Waals surface area contributed by atoms with E-state index in [0.29, 0.717) is 22.8 Å².